The zero-order chi connectivity index (χ0) is 12.8. The second kappa shape index (κ2) is 6.00. The molecule has 1 aromatic rings. The first kappa shape index (κ1) is 13.2. The van der Waals surface area contributed by atoms with E-state index in [0.29, 0.717) is 24.8 Å². The van der Waals surface area contributed by atoms with Crippen molar-refractivity contribution in [2.75, 3.05) is 32.2 Å². The lowest BCUT2D eigenvalue weighted by atomic mass is 10.3. The summed E-state index contributed by atoms with van der Waals surface area (Å²) in [6, 6.07) is 1.66. The SMILES string of the molecule is COCCN(C)c1nc(C)cc(/C(N)=N/O)n1. The van der Waals surface area contributed by atoms with Crippen LogP contribution >= 0.6 is 0 Å². The van der Waals surface area contributed by atoms with Gasteiger partial charge in [0.25, 0.3) is 0 Å². The first-order valence-electron chi connectivity index (χ1n) is 5.12. The molecule has 0 aliphatic carbocycles. The Morgan fingerprint density at radius 3 is 2.88 bits per heavy atom. The van der Waals surface area contributed by atoms with Crippen molar-refractivity contribution in [3.8, 4) is 0 Å². The van der Waals surface area contributed by atoms with Gasteiger partial charge >= 0.3 is 0 Å². The Hall–Kier alpha value is -1.89. The van der Waals surface area contributed by atoms with Crippen molar-refractivity contribution < 1.29 is 9.94 Å². The van der Waals surface area contributed by atoms with Crippen molar-refractivity contribution in [3.63, 3.8) is 0 Å². The summed E-state index contributed by atoms with van der Waals surface area (Å²) >= 11 is 0. The molecular formula is C10H17N5O2. The second-order valence-corrected chi connectivity index (χ2v) is 3.59. The summed E-state index contributed by atoms with van der Waals surface area (Å²) in [5, 5.41) is 11.5. The molecule has 0 aromatic carbocycles. The number of methoxy groups -OCH3 is 1. The molecule has 0 fully saturated rings. The maximum atomic E-state index is 8.62. The summed E-state index contributed by atoms with van der Waals surface area (Å²) in [6.45, 7) is 3.06. The van der Waals surface area contributed by atoms with E-state index >= 15 is 0 Å². The summed E-state index contributed by atoms with van der Waals surface area (Å²) < 4.78 is 4.98. The van der Waals surface area contributed by atoms with E-state index in [1.165, 1.54) is 0 Å². The number of ether oxygens (including phenoxy) is 1. The molecule has 17 heavy (non-hydrogen) atoms. The molecule has 1 rings (SSSR count). The van der Waals surface area contributed by atoms with E-state index in [0.717, 1.165) is 5.69 Å². The molecule has 0 aliphatic heterocycles. The predicted molar refractivity (Wildman–Crippen MR) is 64.4 cm³/mol. The third-order valence-electron chi connectivity index (χ3n) is 2.18. The summed E-state index contributed by atoms with van der Waals surface area (Å²) in [7, 11) is 3.48. The number of oxime groups is 1. The van der Waals surface area contributed by atoms with Gasteiger partial charge in [0.15, 0.2) is 5.84 Å². The molecule has 0 saturated carbocycles. The lowest BCUT2D eigenvalue weighted by Gasteiger charge is -2.17. The predicted octanol–water partition coefficient (Wildman–Crippen LogP) is -0.0379. The van der Waals surface area contributed by atoms with Crippen LogP contribution in [0.3, 0.4) is 0 Å². The molecule has 0 saturated heterocycles. The first-order chi connectivity index (χ1) is 8.08. The van der Waals surface area contributed by atoms with Crippen molar-refractivity contribution in [2.45, 2.75) is 6.92 Å². The summed E-state index contributed by atoms with van der Waals surface area (Å²) in [6.07, 6.45) is 0. The van der Waals surface area contributed by atoms with Gasteiger partial charge in [-0.1, -0.05) is 5.16 Å². The number of aromatic nitrogens is 2. The van der Waals surface area contributed by atoms with Crippen LogP contribution < -0.4 is 10.6 Å². The molecule has 7 nitrogen and oxygen atoms in total. The highest BCUT2D eigenvalue weighted by atomic mass is 16.5. The monoisotopic (exact) mass is 239 g/mol. The molecule has 94 valence electrons. The summed E-state index contributed by atoms with van der Waals surface area (Å²) in [4.78, 5) is 10.3. The average molecular weight is 239 g/mol. The number of amidine groups is 1. The van der Waals surface area contributed by atoms with E-state index in [9.17, 15) is 0 Å². The van der Waals surface area contributed by atoms with Gasteiger partial charge in [-0.2, -0.15) is 0 Å². The number of nitrogens with two attached hydrogens (primary N) is 1. The molecule has 1 aromatic heterocycles. The number of rotatable bonds is 5. The molecule has 0 amide bonds. The number of hydrogen-bond donors (Lipinski definition) is 2. The van der Waals surface area contributed by atoms with Crippen LogP contribution in [-0.2, 0) is 4.74 Å². The van der Waals surface area contributed by atoms with E-state index in [1.54, 1.807) is 13.2 Å². The lowest BCUT2D eigenvalue weighted by Crippen LogP contribution is -2.26. The van der Waals surface area contributed by atoms with Gasteiger partial charge in [-0.15, -0.1) is 0 Å². The zero-order valence-electron chi connectivity index (χ0n) is 10.2. The number of anilines is 1. The minimum atomic E-state index is -0.0307. The van der Waals surface area contributed by atoms with Gasteiger partial charge in [0, 0.05) is 26.4 Å². The lowest BCUT2D eigenvalue weighted by molar-refractivity contribution is 0.206. The number of hydrogen-bond acceptors (Lipinski definition) is 6. The minimum absolute atomic E-state index is 0.0307. The van der Waals surface area contributed by atoms with Crippen LogP contribution in [0.5, 0.6) is 0 Å². The molecule has 1 heterocycles. The number of likely N-dealkylation sites (N-methyl/N-ethyl adjacent to an activating group) is 1. The fraction of sp³-hybridized carbons (Fsp3) is 0.500. The van der Waals surface area contributed by atoms with Crippen LogP contribution in [0.15, 0.2) is 11.2 Å². The van der Waals surface area contributed by atoms with Gasteiger partial charge in [0.1, 0.15) is 5.69 Å². The van der Waals surface area contributed by atoms with Crippen LogP contribution in [0.25, 0.3) is 0 Å². The highest BCUT2D eigenvalue weighted by Crippen LogP contribution is 2.08. The largest absolute Gasteiger partial charge is 0.409 e. The molecule has 0 aliphatic rings. The third-order valence-corrected chi connectivity index (χ3v) is 2.18. The van der Waals surface area contributed by atoms with Gasteiger partial charge in [-0.05, 0) is 13.0 Å². The molecule has 0 radical (unpaired) electrons. The fourth-order valence-electron chi connectivity index (χ4n) is 1.23. The highest BCUT2D eigenvalue weighted by molar-refractivity contribution is 5.95. The Bertz CT molecular complexity index is 408. The second-order valence-electron chi connectivity index (χ2n) is 3.59. The smallest absolute Gasteiger partial charge is 0.226 e. The molecule has 0 spiro atoms. The van der Waals surface area contributed by atoms with E-state index < -0.39 is 0 Å². The quantitative estimate of drug-likeness (QED) is 0.324. The Labute approximate surface area is 99.9 Å². The zero-order valence-corrected chi connectivity index (χ0v) is 10.2. The molecule has 0 bridgehead atoms. The van der Waals surface area contributed by atoms with Crippen molar-refractivity contribution in [1.29, 1.82) is 0 Å². The Morgan fingerprint density at radius 2 is 2.29 bits per heavy atom. The Kier molecular flexibility index (Phi) is 4.65. The molecule has 7 heteroatoms. The standard InChI is InChI=1S/C10H17N5O2/c1-7-6-8(9(11)14-16)13-10(12-7)15(2)4-5-17-3/h6,16H,4-5H2,1-3H3,(H2,11,14). The van der Waals surface area contributed by atoms with Gasteiger partial charge in [0.2, 0.25) is 5.95 Å². The highest BCUT2D eigenvalue weighted by Gasteiger charge is 2.09. The van der Waals surface area contributed by atoms with Gasteiger partial charge in [-0.3, -0.25) is 0 Å². The first-order valence-corrected chi connectivity index (χ1v) is 5.12. The van der Waals surface area contributed by atoms with Crippen molar-refractivity contribution >= 4 is 11.8 Å². The Balaban J connectivity index is 2.96. The van der Waals surface area contributed by atoms with E-state index in [4.69, 9.17) is 15.7 Å². The molecule has 0 unspecified atom stereocenters. The van der Waals surface area contributed by atoms with Crippen molar-refractivity contribution in [1.82, 2.24) is 9.97 Å². The van der Waals surface area contributed by atoms with Crippen LogP contribution in [0.2, 0.25) is 0 Å². The van der Waals surface area contributed by atoms with Crippen LogP contribution in [0.4, 0.5) is 5.95 Å². The topological polar surface area (TPSA) is 96.9 Å². The van der Waals surface area contributed by atoms with Crippen LogP contribution in [0.1, 0.15) is 11.4 Å². The maximum Gasteiger partial charge on any atom is 0.226 e. The third kappa shape index (κ3) is 3.56. The van der Waals surface area contributed by atoms with Gasteiger partial charge < -0.3 is 20.6 Å². The van der Waals surface area contributed by atoms with E-state index in [-0.39, 0.29) is 5.84 Å². The summed E-state index contributed by atoms with van der Waals surface area (Å²) in [5.41, 5.74) is 6.65. The Morgan fingerprint density at radius 1 is 1.59 bits per heavy atom. The number of nitrogens with zero attached hydrogens (tertiary/aromatic N) is 4. The van der Waals surface area contributed by atoms with Crippen LogP contribution in [0, 0.1) is 6.92 Å². The fourth-order valence-corrected chi connectivity index (χ4v) is 1.23. The van der Waals surface area contributed by atoms with Crippen LogP contribution in [-0.4, -0.2) is 48.3 Å². The molecule has 3 N–H and O–H groups in total. The minimum Gasteiger partial charge on any atom is -0.409 e. The maximum absolute atomic E-state index is 8.62. The van der Waals surface area contributed by atoms with Gasteiger partial charge in [-0.25, -0.2) is 9.97 Å². The normalized spacial score (nSPS) is 11.6. The average Bonchev–Trinajstić information content (AvgIpc) is 2.34. The summed E-state index contributed by atoms with van der Waals surface area (Å²) in [5.74, 6) is 0.487. The van der Waals surface area contributed by atoms with Crippen molar-refractivity contribution in [2.24, 2.45) is 10.9 Å². The molecular weight excluding hydrogens is 222 g/mol. The van der Waals surface area contributed by atoms with E-state index in [2.05, 4.69) is 15.1 Å². The number of aryl methyl sites for hydroxylation is 1. The molecule has 0 atom stereocenters. The van der Waals surface area contributed by atoms with E-state index in [1.807, 2.05) is 18.9 Å². The van der Waals surface area contributed by atoms with Crippen molar-refractivity contribution in [3.05, 3.63) is 17.5 Å². The van der Waals surface area contributed by atoms with Gasteiger partial charge in [0.05, 0.1) is 6.61 Å².